The van der Waals surface area contributed by atoms with Crippen LogP contribution in [0.15, 0.2) is 97.2 Å². The van der Waals surface area contributed by atoms with Crippen LogP contribution in [0.1, 0.15) is 342 Å². The quantitative estimate of drug-likeness (QED) is 0.0261. The fourth-order valence-electron chi connectivity index (χ4n) is 9.92. The van der Waals surface area contributed by atoms with Crippen LogP contribution in [-0.2, 0) is 28.6 Å². The summed E-state index contributed by atoms with van der Waals surface area (Å²) in [5, 5.41) is 0. The fraction of sp³-hybridized carbons (Fsp3) is 0.747. The van der Waals surface area contributed by atoms with Gasteiger partial charge in [-0.25, -0.2) is 0 Å². The van der Waals surface area contributed by atoms with Gasteiger partial charge in [0.15, 0.2) is 6.10 Å². The lowest BCUT2D eigenvalue weighted by atomic mass is 10.0. The zero-order valence-electron chi connectivity index (χ0n) is 53.5. The maximum atomic E-state index is 12.9. The molecule has 0 aromatic heterocycles. The Hall–Kier alpha value is -3.67. The smallest absolute Gasteiger partial charge is 0.306 e. The van der Waals surface area contributed by atoms with E-state index in [1.54, 1.807) is 0 Å². The van der Waals surface area contributed by atoms with Gasteiger partial charge in [-0.3, -0.25) is 14.4 Å². The molecular formula is C75H130O6. The Labute approximate surface area is 502 Å². The number of hydrogen-bond donors (Lipinski definition) is 0. The van der Waals surface area contributed by atoms with Crippen LogP contribution in [-0.4, -0.2) is 37.2 Å². The van der Waals surface area contributed by atoms with Gasteiger partial charge in [-0.05, 0) is 116 Å². The van der Waals surface area contributed by atoms with Crippen molar-refractivity contribution in [2.75, 3.05) is 13.2 Å². The third kappa shape index (κ3) is 67.0. The maximum absolute atomic E-state index is 12.9. The van der Waals surface area contributed by atoms with E-state index in [1.165, 1.54) is 161 Å². The van der Waals surface area contributed by atoms with E-state index in [4.69, 9.17) is 14.2 Å². The van der Waals surface area contributed by atoms with Crippen molar-refractivity contribution in [3.05, 3.63) is 97.2 Å². The number of esters is 3. The zero-order chi connectivity index (χ0) is 58.5. The lowest BCUT2D eigenvalue weighted by Gasteiger charge is -2.18. The lowest BCUT2D eigenvalue weighted by Crippen LogP contribution is -2.30. The van der Waals surface area contributed by atoms with Gasteiger partial charge in [0, 0.05) is 19.3 Å². The zero-order valence-corrected chi connectivity index (χ0v) is 53.5. The molecule has 0 saturated carbocycles. The van der Waals surface area contributed by atoms with Crippen molar-refractivity contribution in [1.82, 2.24) is 0 Å². The first kappa shape index (κ1) is 77.3. The summed E-state index contributed by atoms with van der Waals surface area (Å²) in [5.74, 6) is -0.910. The van der Waals surface area contributed by atoms with Gasteiger partial charge in [-0.15, -0.1) is 0 Å². The molecule has 0 N–H and O–H groups in total. The minimum atomic E-state index is -0.794. The van der Waals surface area contributed by atoms with Gasteiger partial charge < -0.3 is 14.2 Å². The van der Waals surface area contributed by atoms with Crippen molar-refractivity contribution in [2.45, 2.75) is 348 Å². The molecule has 0 aliphatic carbocycles. The van der Waals surface area contributed by atoms with E-state index in [9.17, 15) is 14.4 Å². The molecule has 0 rings (SSSR count). The van der Waals surface area contributed by atoms with Crippen LogP contribution in [0.3, 0.4) is 0 Å². The fourth-order valence-corrected chi connectivity index (χ4v) is 9.92. The monoisotopic (exact) mass is 1130 g/mol. The van der Waals surface area contributed by atoms with Crippen molar-refractivity contribution in [2.24, 2.45) is 0 Å². The molecule has 0 fully saturated rings. The highest BCUT2D eigenvalue weighted by atomic mass is 16.6. The van der Waals surface area contributed by atoms with E-state index >= 15 is 0 Å². The summed E-state index contributed by atoms with van der Waals surface area (Å²) >= 11 is 0. The molecule has 0 aromatic rings. The maximum Gasteiger partial charge on any atom is 0.306 e. The predicted octanol–water partition coefficient (Wildman–Crippen LogP) is 24.0. The van der Waals surface area contributed by atoms with Crippen LogP contribution >= 0.6 is 0 Å². The molecule has 0 amide bonds. The molecule has 6 nitrogen and oxygen atoms in total. The number of hydrogen-bond acceptors (Lipinski definition) is 6. The van der Waals surface area contributed by atoms with Gasteiger partial charge in [0.2, 0.25) is 0 Å². The molecular weight excluding hydrogens is 997 g/mol. The number of rotatable bonds is 63. The second-order valence-electron chi connectivity index (χ2n) is 23.0. The van der Waals surface area contributed by atoms with Crippen LogP contribution in [0, 0.1) is 0 Å². The predicted molar refractivity (Wildman–Crippen MR) is 353 cm³/mol. The average Bonchev–Trinajstić information content (AvgIpc) is 3.47. The van der Waals surface area contributed by atoms with Gasteiger partial charge in [0.1, 0.15) is 13.2 Å². The third-order valence-corrected chi connectivity index (χ3v) is 15.1. The summed E-state index contributed by atoms with van der Waals surface area (Å²) in [4.78, 5) is 38.3. The SMILES string of the molecule is CC/C=C\C/C=C\C/C=C\CCCCCCCC(=O)OCC(COC(=O)CCCCCCCCCCCCCCCCCCCCCCC/C=C\C/C=C\CCCCCCC)OC(=O)CCCCCCC/C=C\C/C=C\C/C=C\CC. The van der Waals surface area contributed by atoms with Gasteiger partial charge in [-0.2, -0.15) is 0 Å². The van der Waals surface area contributed by atoms with E-state index < -0.39 is 6.10 Å². The van der Waals surface area contributed by atoms with Crippen molar-refractivity contribution in [3.63, 3.8) is 0 Å². The molecule has 0 spiro atoms. The molecule has 1 unspecified atom stereocenters. The minimum absolute atomic E-state index is 0.0880. The molecule has 0 saturated heterocycles. The van der Waals surface area contributed by atoms with Crippen LogP contribution in [0.2, 0.25) is 0 Å². The average molecular weight is 1130 g/mol. The molecule has 6 heteroatoms. The summed E-state index contributed by atoms with van der Waals surface area (Å²) in [5.41, 5.74) is 0. The highest BCUT2D eigenvalue weighted by Gasteiger charge is 2.19. The first-order valence-electron chi connectivity index (χ1n) is 34.7. The second kappa shape index (κ2) is 68.8. The lowest BCUT2D eigenvalue weighted by molar-refractivity contribution is -0.167. The van der Waals surface area contributed by atoms with Crippen molar-refractivity contribution in [3.8, 4) is 0 Å². The molecule has 0 aliphatic heterocycles. The topological polar surface area (TPSA) is 78.9 Å². The van der Waals surface area contributed by atoms with E-state index in [2.05, 4.69) is 118 Å². The minimum Gasteiger partial charge on any atom is -0.462 e. The number of carbonyl (C=O) groups is 3. The van der Waals surface area contributed by atoms with E-state index in [0.29, 0.717) is 19.3 Å². The van der Waals surface area contributed by atoms with Gasteiger partial charge >= 0.3 is 17.9 Å². The Morgan fingerprint density at radius 1 is 0.259 bits per heavy atom. The van der Waals surface area contributed by atoms with Gasteiger partial charge in [0.05, 0.1) is 0 Å². The van der Waals surface area contributed by atoms with Crippen molar-refractivity contribution < 1.29 is 28.6 Å². The van der Waals surface area contributed by atoms with Gasteiger partial charge in [-0.1, -0.05) is 304 Å². The van der Waals surface area contributed by atoms with Crippen LogP contribution in [0.4, 0.5) is 0 Å². The Bertz CT molecular complexity index is 1580. The van der Waals surface area contributed by atoms with Crippen LogP contribution in [0.25, 0.3) is 0 Å². The summed E-state index contributed by atoms with van der Waals surface area (Å²) < 4.78 is 16.9. The summed E-state index contributed by atoms with van der Waals surface area (Å²) in [6, 6.07) is 0. The first-order chi connectivity index (χ1) is 40.0. The van der Waals surface area contributed by atoms with Gasteiger partial charge in [0.25, 0.3) is 0 Å². The Morgan fingerprint density at radius 3 is 0.753 bits per heavy atom. The Morgan fingerprint density at radius 2 is 0.481 bits per heavy atom. The van der Waals surface area contributed by atoms with Crippen molar-refractivity contribution in [1.29, 1.82) is 0 Å². The molecule has 0 aromatic carbocycles. The summed E-state index contributed by atoms with van der Waals surface area (Å²) in [6.45, 7) is 6.41. The summed E-state index contributed by atoms with van der Waals surface area (Å²) in [6.07, 6.45) is 93.1. The Kier molecular flexibility index (Phi) is 65.7. The summed E-state index contributed by atoms with van der Waals surface area (Å²) in [7, 11) is 0. The highest BCUT2D eigenvalue weighted by molar-refractivity contribution is 5.71. The van der Waals surface area contributed by atoms with Crippen LogP contribution < -0.4 is 0 Å². The largest absolute Gasteiger partial charge is 0.462 e. The molecule has 466 valence electrons. The molecule has 0 aliphatic rings. The number of ether oxygens (including phenoxy) is 3. The third-order valence-electron chi connectivity index (χ3n) is 15.1. The molecule has 0 bridgehead atoms. The first-order valence-corrected chi connectivity index (χ1v) is 34.7. The molecule has 1 atom stereocenters. The molecule has 0 radical (unpaired) electrons. The van der Waals surface area contributed by atoms with E-state index in [1.807, 2.05) is 0 Å². The number of carbonyl (C=O) groups excluding carboxylic acids is 3. The van der Waals surface area contributed by atoms with Crippen molar-refractivity contribution >= 4 is 17.9 Å². The molecule has 0 heterocycles. The second-order valence-corrected chi connectivity index (χ2v) is 23.0. The Balaban J connectivity index is 4.16. The van der Waals surface area contributed by atoms with Crippen LogP contribution in [0.5, 0.6) is 0 Å². The van der Waals surface area contributed by atoms with E-state index in [0.717, 1.165) is 141 Å². The number of allylic oxidation sites excluding steroid dienone is 16. The normalized spacial score (nSPS) is 12.7. The number of unbranched alkanes of at least 4 members (excludes halogenated alkanes) is 36. The molecule has 81 heavy (non-hydrogen) atoms. The van der Waals surface area contributed by atoms with E-state index in [-0.39, 0.29) is 31.1 Å². The highest BCUT2D eigenvalue weighted by Crippen LogP contribution is 2.17. The standard InChI is InChI=1S/C75H130O6/c1-4-7-10-13-16-19-22-25-28-29-30-31-32-33-34-35-36-37-38-39-40-41-42-43-44-45-48-50-53-56-59-62-65-68-74(77)80-71-72(81-75(78)69-66-63-60-57-54-51-47-27-24-21-18-15-12-9-6-3)70-79-73(76)67-64-61-58-55-52-49-46-26-23-20-17-14-11-8-5-2/h8-9,11-12,17-18,20-22,25-27,29-30,46-47,72H,4-7,10,13-16,19,23-24,28,31-45,48-71H2,1-3H3/b11-8-,12-9-,20-17-,21-18-,25-22-,30-29-,46-26-,47-27-.